The van der Waals surface area contributed by atoms with E-state index >= 15 is 0 Å². The van der Waals surface area contributed by atoms with Crippen LogP contribution in [0.4, 0.5) is 0 Å². The van der Waals surface area contributed by atoms with Crippen molar-refractivity contribution in [1.29, 1.82) is 0 Å². The predicted molar refractivity (Wildman–Crippen MR) is 159 cm³/mol. The van der Waals surface area contributed by atoms with E-state index in [1.807, 2.05) is 72.8 Å². The predicted octanol–water partition coefficient (Wildman–Crippen LogP) is 8.65. The maximum Gasteiger partial charge on any atom is 0.219 e. The van der Waals surface area contributed by atoms with Crippen LogP contribution in [0.15, 0.2) is 121 Å². The Hall–Kier alpha value is -5.29. The number of hydrogen-bond acceptors (Lipinski definition) is 5. The lowest BCUT2D eigenvalue weighted by Gasteiger charge is -2.15. The molecule has 6 aromatic rings. The number of benzene rings is 4. The molecule has 0 aliphatic rings. The number of nitrogens with zero attached hydrogens (tertiary/aromatic N) is 3. The average molecular weight is 522 g/mol. The van der Waals surface area contributed by atoms with Crippen LogP contribution in [0.5, 0.6) is 17.4 Å². The first-order chi connectivity index (χ1) is 19.5. The molecule has 2 aromatic heterocycles. The maximum absolute atomic E-state index is 10.7. The molecular weight excluding hydrogens is 494 g/mol. The van der Waals surface area contributed by atoms with Gasteiger partial charge < -0.3 is 9.84 Å². The third-order valence-corrected chi connectivity index (χ3v) is 6.78. The lowest BCUT2D eigenvalue weighted by molar-refractivity contribution is 0.463. The summed E-state index contributed by atoms with van der Waals surface area (Å²) in [5.74, 6) is 1.82. The number of para-hydroxylation sites is 1. The van der Waals surface area contributed by atoms with Crippen molar-refractivity contribution in [3.63, 3.8) is 0 Å². The minimum atomic E-state index is 0.164. The van der Waals surface area contributed by atoms with Crippen LogP contribution < -0.4 is 4.74 Å². The Morgan fingerprint density at radius 2 is 1.30 bits per heavy atom. The van der Waals surface area contributed by atoms with Crippen LogP contribution in [0.3, 0.4) is 0 Å². The smallest absolute Gasteiger partial charge is 0.219 e. The molecule has 2 heterocycles. The standard InChI is InChI=1S/C35H27N3O2/c1-23-11-10-12-24(2)34(23)31-22-30(29-15-6-7-16-32(29)39)37-35(38-31)27-19-26(25-13-4-3-5-14-25)20-28(21-27)40-33-17-8-9-18-36-33/h3-22,39H,1-2H3. The van der Waals surface area contributed by atoms with Crippen molar-refractivity contribution in [2.75, 3.05) is 0 Å². The molecule has 4 aromatic carbocycles. The second-order valence-electron chi connectivity index (χ2n) is 9.63. The van der Waals surface area contributed by atoms with Crippen molar-refractivity contribution in [1.82, 2.24) is 15.0 Å². The molecule has 5 heteroatoms. The molecule has 0 unspecified atom stereocenters. The SMILES string of the molecule is Cc1cccc(C)c1-c1cc(-c2ccccc2O)nc(-c2cc(Oc3ccccn3)cc(-c3ccccc3)c2)n1. The van der Waals surface area contributed by atoms with E-state index in [1.54, 1.807) is 18.3 Å². The van der Waals surface area contributed by atoms with Crippen LogP contribution in [0.25, 0.3) is 45.0 Å². The molecule has 0 saturated heterocycles. The summed E-state index contributed by atoms with van der Waals surface area (Å²) in [5, 5.41) is 10.7. The highest BCUT2D eigenvalue weighted by atomic mass is 16.5. The average Bonchev–Trinajstić information content (AvgIpc) is 2.98. The summed E-state index contributed by atoms with van der Waals surface area (Å²) in [7, 11) is 0. The van der Waals surface area contributed by atoms with Crippen LogP contribution in [0.1, 0.15) is 11.1 Å². The van der Waals surface area contributed by atoms with Gasteiger partial charge >= 0.3 is 0 Å². The molecule has 0 spiro atoms. The fourth-order valence-electron chi connectivity index (χ4n) is 4.86. The molecule has 0 aliphatic heterocycles. The molecular formula is C35H27N3O2. The lowest BCUT2D eigenvalue weighted by Crippen LogP contribution is -1.99. The molecule has 0 atom stereocenters. The summed E-state index contributed by atoms with van der Waals surface area (Å²) in [4.78, 5) is 14.4. The zero-order valence-corrected chi connectivity index (χ0v) is 22.2. The molecule has 0 fully saturated rings. The molecule has 0 amide bonds. The fraction of sp³-hybridized carbons (Fsp3) is 0.0571. The molecule has 0 aliphatic carbocycles. The van der Waals surface area contributed by atoms with Crippen LogP contribution >= 0.6 is 0 Å². The Morgan fingerprint density at radius 3 is 2.05 bits per heavy atom. The summed E-state index contributed by atoms with van der Waals surface area (Å²) < 4.78 is 6.18. The second kappa shape index (κ2) is 10.8. The molecule has 0 radical (unpaired) electrons. The number of ether oxygens (including phenoxy) is 1. The Morgan fingerprint density at radius 1 is 0.600 bits per heavy atom. The van der Waals surface area contributed by atoms with Gasteiger partial charge in [0.25, 0.3) is 0 Å². The van der Waals surface area contributed by atoms with E-state index in [2.05, 4.69) is 49.2 Å². The van der Waals surface area contributed by atoms with Gasteiger partial charge in [-0.3, -0.25) is 0 Å². The van der Waals surface area contributed by atoms with Crippen LogP contribution in [0, 0.1) is 13.8 Å². The number of hydrogen-bond donors (Lipinski definition) is 1. The van der Waals surface area contributed by atoms with Crippen molar-refractivity contribution < 1.29 is 9.84 Å². The van der Waals surface area contributed by atoms with Gasteiger partial charge in [-0.1, -0.05) is 66.7 Å². The van der Waals surface area contributed by atoms with Gasteiger partial charge in [-0.25, -0.2) is 15.0 Å². The third kappa shape index (κ3) is 5.18. The van der Waals surface area contributed by atoms with E-state index in [9.17, 15) is 5.11 Å². The van der Waals surface area contributed by atoms with E-state index < -0.39 is 0 Å². The van der Waals surface area contributed by atoms with Crippen molar-refractivity contribution in [3.8, 4) is 62.4 Å². The second-order valence-corrected chi connectivity index (χ2v) is 9.63. The molecule has 194 valence electrons. The van der Waals surface area contributed by atoms with Crippen LogP contribution in [-0.4, -0.2) is 20.1 Å². The van der Waals surface area contributed by atoms with Gasteiger partial charge in [-0.15, -0.1) is 0 Å². The number of pyridine rings is 1. The zero-order valence-electron chi connectivity index (χ0n) is 22.2. The number of aromatic nitrogens is 3. The number of aromatic hydroxyl groups is 1. The summed E-state index contributed by atoms with van der Waals surface area (Å²) in [5.41, 5.74) is 8.15. The van der Waals surface area contributed by atoms with Gasteiger partial charge in [0.05, 0.1) is 11.4 Å². The van der Waals surface area contributed by atoms with Crippen molar-refractivity contribution in [2.45, 2.75) is 13.8 Å². The van der Waals surface area contributed by atoms with E-state index in [-0.39, 0.29) is 5.75 Å². The van der Waals surface area contributed by atoms with Crippen LogP contribution in [0.2, 0.25) is 0 Å². The number of rotatable bonds is 6. The monoisotopic (exact) mass is 521 g/mol. The highest BCUT2D eigenvalue weighted by Crippen LogP contribution is 2.37. The summed E-state index contributed by atoms with van der Waals surface area (Å²) in [6, 6.07) is 37.1. The first-order valence-corrected chi connectivity index (χ1v) is 13.1. The molecule has 40 heavy (non-hydrogen) atoms. The van der Waals surface area contributed by atoms with Gasteiger partial charge in [0.15, 0.2) is 5.82 Å². The van der Waals surface area contributed by atoms with Gasteiger partial charge in [-0.05, 0) is 78.6 Å². The topological polar surface area (TPSA) is 68.1 Å². The normalized spacial score (nSPS) is 10.8. The maximum atomic E-state index is 10.7. The van der Waals surface area contributed by atoms with Crippen molar-refractivity contribution in [3.05, 3.63) is 133 Å². The fourth-order valence-corrected chi connectivity index (χ4v) is 4.86. The minimum Gasteiger partial charge on any atom is -0.507 e. The summed E-state index contributed by atoms with van der Waals surface area (Å²) >= 11 is 0. The highest BCUT2D eigenvalue weighted by molar-refractivity contribution is 5.79. The minimum absolute atomic E-state index is 0.164. The first kappa shape index (κ1) is 25.0. The van der Waals surface area contributed by atoms with Crippen molar-refractivity contribution >= 4 is 0 Å². The molecule has 6 rings (SSSR count). The van der Waals surface area contributed by atoms with Gasteiger partial charge in [0.2, 0.25) is 5.88 Å². The van der Waals surface area contributed by atoms with E-state index in [4.69, 9.17) is 14.7 Å². The van der Waals surface area contributed by atoms with Gasteiger partial charge in [-0.2, -0.15) is 0 Å². The largest absolute Gasteiger partial charge is 0.507 e. The van der Waals surface area contributed by atoms with E-state index in [0.29, 0.717) is 28.7 Å². The highest BCUT2D eigenvalue weighted by Gasteiger charge is 2.17. The van der Waals surface area contributed by atoms with Gasteiger partial charge in [0, 0.05) is 29.0 Å². The van der Waals surface area contributed by atoms with Gasteiger partial charge in [0.1, 0.15) is 11.5 Å². The zero-order chi connectivity index (χ0) is 27.5. The quantitative estimate of drug-likeness (QED) is 0.237. The molecule has 5 nitrogen and oxygen atoms in total. The van der Waals surface area contributed by atoms with E-state index in [0.717, 1.165) is 39.1 Å². The number of phenols is 1. The Labute approximate surface area is 233 Å². The Bertz CT molecular complexity index is 1780. The Balaban J connectivity index is 1.58. The number of aryl methyl sites for hydroxylation is 2. The first-order valence-electron chi connectivity index (χ1n) is 13.1. The Kier molecular flexibility index (Phi) is 6.77. The van der Waals surface area contributed by atoms with Crippen molar-refractivity contribution in [2.24, 2.45) is 0 Å². The lowest BCUT2D eigenvalue weighted by atomic mass is 9.97. The van der Waals surface area contributed by atoms with Crippen LogP contribution in [-0.2, 0) is 0 Å². The molecule has 0 saturated carbocycles. The molecule has 0 bridgehead atoms. The third-order valence-electron chi connectivity index (χ3n) is 6.78. The summed E-state index contributed by atoms with van der Waals surface area (Å²) in [6.07, 6.45) is 1.70. The van der Waals surface area contributed by atoms with E-state index in [1.165, 1.54) is 0 Å². The molecule has 1 N–H and O–H groups in total. The number of phenolic OH excluding ortho intramolecular Hbond substituents is 1. The summed E-state index contributed by atoms with van der Waals surface area (Å²) in [6.45, 7) is 4.16.